The number of nitrogens with zero attached hydrogens (tertiary/aromatic N) is 1. The first-order valence-electron chi connectivity index (χ1n) is 5.78. The standard InChI is InChI=1S/C13H15BrN2O/c14-12-4-1-3-11-10(12)5-6-13(11,9-15)16-7-2-8-17/h1,3-4,16-17H,2,5-8H2. The molecule has 1 aromatic rings. The lowest BCUT2D eigenvalue weighted by atomic mass is 9.93. The summed E-state index contributed by atoms with van der Waals surface area (Å²) in [6.07, 6.45) is 2.39. The van der Waals surface area contributed by atoms with E-state index in [1.807, 2.05) is 18.2 Å². The number of benzene rings is 1. The summed E-state index contributed by atoms with van der Waals surface area (Å²) in [7, 11) is 0. The molecule has 0 bridgehead atoms. The van der Waals surface area contributed by atoms with Crippen molar-refractivity contribution in [3.8, 4) is 6.07 Å². The van der Waals surface area contributed by atoms with E-state index in [-0.39, 0.29) is 6.61 Å². The highest BCUT2D eigenvalue weighted by Gasteiger charge is 2.39. The molecule has 1 aliphatic rings. The van der Waals surface area contributed by atoms with E-state index in [2.05, 4.69) is 27.3 Å². The number of halogens is 1. The monoisotopic (exact) mass is 294 g/mol. The molecule has 0 fully saturated rings. The molecule has 0 aromatic heterocycles. The van der Waals surface area contributed by atoms with Gasteiger partial charge in [-0.1, -0.05) is 28.1 Å². The number of rotatable bonds is 4. The van der Waals surface area contributed by atoms with E-state index in [0.29, 0.717) is 13.0 Å². The van der Waals surface area contributed by atoms with Crippen molar-refractivity contribution in [1.29, 1.82) is 5.26 Å². The number of fused-ring (bicyclic) bond motifs is 1. The summed E-state index contributed by atoms with van der Waals surface area (Å²) in [5, 5.41) is 21.6. The Balaban J connectivity index is 2.28. The predicted molar refractivity (Wildman–Crippen MR) is 69.5 cm³/mol. The van der Waals surface area contributed by atoms with Gasteiger partial charge in [-0.25, -0.2) is 0 Å². The van der Waals surface area contributed by atoms with Crippen molar-refractivity contribution in [2.45, 2.75) is 24.8 Å². The van der Waals surface area contributed by atoms with Gasteiger partial charge in [-0.3, -0.25) is 5.32 Å². The zero-order chi connectivity index (χ0) is 12.3. The molecule has 0 saturated carbocycles. The topological polar surface area (TPSA) is 56.0 Å². The molecule has 0 heterocycles. The summed E-state index contributed by atoms with van der Waals surface area (Å²) in [6.45, 7) is 0.815. The number of aliphatic hydroxyl groups excluding tert-OH is 1. The normalized spacial score (nSPS) is 22.2. The summed E-state index contributed by atoms with van der Waals surface area (Å²) >= 11 is 3.53. The van der Waals surface area contributed by atoms with Gasteiger partial charge in [0.15, 0.2) is 0 Å². The van der Waals surface area contributed by atoms with Gasteiger partial charge in [0.1, 0.15) is 5.54 Å². The van der Waals surface area contributed by atoms with Gasteiger partial charge in [-0.15, -0.1) is 0 Å². The number of hydrogen-bond acceptors (Lipinski definition) is 3. The Morgan fingerprint density at radius 1 is 1.53 bits per heavy atom. The molecule has 0 amide bonds. The number of nitriles is 1. The maximum atomic E-state index is 9.46. The van der Waals surface area contributed by atoms with E-state index < -0.39 is 5.54 Å². The highest BCUT2D eigenvalue weighted by molar-refractivity contribution is 9.10. The molecule has 3 nitrogen and oxygen atoms in total. The second-order valence-corrected chi connectivity index (χ2v) is 5.14. The first-order chi connectivity index (χ1) is 8.23. The lowest BCUT2D eigenvalue weighted by Crippen LogP contribution is -2.39. The highest BCUT2D eigenvalue weighted by atomic mass is 79.9. The number of nitrogens with one attached hydrogen (secondary N) is 1. The van der Waals surface area contributed by atoms with Crippen LogP contribution >= 0.6 is 15.9 Å². The van der Waals surface area contributed by atoms with E-state index in [1.165, 1.54) is 5.56 Å². The van der Waals surface area contributed by atoms with Crippen molar-refractivity contribution in [1.82, 2.24) is 5.32 Å². The fourth-order valence-corrected chi connectivity index (χ4v) is 2.94. The molecule has 4 heteroatoms. The third-order valence-corrected chi connectivity index (χ3v) is 4.02. The third kappa shape index (κ3) is 2.23. The average molecular weight is 295 g/mol. The zero-order valence-corrected chi connectivity index (χ0v) is 11.1. The summed E-state index contributed by atoms with van der Waals surface area (Å²) in [5.74, 6) is 0. The van der Waals surface area contributed by atoms with E-state index >= 15 is 0 Å². The van der Waals surface area contributed by atoms with Crippen molar-refractivity contribution in [3.05, 3.63) is 33.8 Å². The Hall–Kier alpha value is -0.890. The van der Waals surface area contributed by atoms with Crippen LogP contribution in [0.5, 0.6) is 0 Å². The van der Waals surface area contributed by atoms with E-state index in [9.17, 15) is 5.26 Å². The first kappa shape index (κ1) is 12.6. The maximum absolute atomic E-state index is 9.46. The van der Waals surface area contributed by atoms with Crippen LogP contribution in [0.25, 0.3) is 0 Å². The van der Waals surface area contributed by atoms with Gasteiger partial charge >= 0.3 is 0 Å². The summed E-state index contributed by atoms with van der Waals surface area (Å²) in [5.41, 5.74) is 1.73. The van der Waals surface area contributed by atoms with Crippen molar-refractivity contribution < 1.29 is 5.11 Å². The summed E-state index contributed by atoms with van der Waals surface area (Å²) in [4.78, 5) is 0. The molecule has 0 spiro atoms. The highest BCUT2D eigenvalue weighted by Crippen LogP contribution is 2.39. The molecule has 17 heavy (non-hydrogen) atoms. The van der Waals surface area contributed by atoms with Crippen molar-refractivity contribution in [2.75, 3.05) is 13.2 Å². The van der Waals surface area contributed by atoms with Gasteiger partial charge in [0.2, 0.25) is 0 Å². The minimum atomic E-state index is -0.575. The van der Waals surface area contributed by atoms with Crippen molar-refractivity contribution in [3.63, 3.8) is 0 Å². The molecule has 0 radical (unpaired) electrons. The van der Waals surface area contributed by atoms with Crippen LogP contribution < -0.4 is 5.32 Å². The van der Waals surface area contributed by atoms with Gasteiger partial charge in [0, 0.05) is 11.1 Å². The van der Waals surface area contributed by atoms with E-state index in [0.717, 1.165) is 22.9 Å². The first-order valence-corrected chi connectivity index (χ1v) is 6.58. The van der Waals surface area contributed by atoms with Gasteiger partial charge < -0.3 is 5.11 Å². The second-order valence-electron chi connectivity index (χ2n) is 4.29. The van der Waals surface area contributed by atoms with Crippen LogP contribution in [0.3, 0.4) is 0 Å². The van der Waals surface area contributed by atoms with Crippen LogP contribution in [-0.2, 0) is 12.0 Å². The molecule has 1 atom stereocenters. The SMILES string of the molecule is N#CC1(NCCCO)CCc2c(Br)cccc21. The quantitative estimate of drug-likeness (QED) is 0.836. The van der Waals surface area contributed by atoms with Crippen LogP contribution in [0.1, 0.15) is 24.0 Å². The fraction of sp³-hybridized carbons (Fsp3) is 0.462. The van der Waals surface area contributed by atoms with Crippen LogP contribution in [0, 0.1) is 11.3 Å². The molecule has 2 N–H and O–H groups in total. The molecule has 90 valence electrons. The van der Waals surface area contributed by atoms with Gasteiger partial charge in [-0.2, -0.15) is 5.26 Å². The van der Waals surface area contributed by atoms with Gasteiger partial charge in [0.05, 0.1) is 6.07 Å². The molecule has 0 aliphatic heterocycles. The molecule has 0 saturated heterocycles. The molecule has 1 unspecified atom stereocenters. The van der Waals surface area contributed by atoms with Crippen LogP contribution in [0.15, 0.2) is 22.7 Å². The second kappa shape index (κ2) is 5.18. The Labute approximate surface area is 110 Å². The van der Waals surface area contributed by atoms with Crippen LogP contribution in [-0.4, -0.2) is 18.3 Å². The maximum Gasteiger partial charge on any atom is 0.132 e. The number of hydrogen-bond donors (Lipinski definition) is 2. The predicted octanol–water partition coefficient (Wildman–Crippen LogP) is 2.09. The third-order valence-electron chi connectivity index (χ3n) is 3.28. The van der Waals surface area contributed by atoms with Gasteiger partial charge in [-0.05, 0) is 43.0 Å². The smallest absolute Gasteiger partial charge is 0.132 e. The molecule has 1 aliphatic carbocycles. The minimum Gasteiger partial charge on any atom is -0.396 e. The van der Waals surface area contributed by atoms with Crippen molar-refractivity contribution in [2.24, 2.45) is 0 Å². The van der Waals surface area contributed by atoms with E-state index in [4.69, 9.17) is 5.11 Å². The van der Waals surface area contributed by atoms with Crippen LogP contribution in [0.4, 0.5) is 0 Å². The largest absolute Gasteiger partial charge is 0.396 e. The molecule has 2 rings (SSSR count). The zero-order valence-electron chi connectivity index (χ0n) is 9.54. The molecule has 1 aromatic carbocycles. The Morgan fingerprint density at radius 2 is 2.35 bits per heavy atom. The fourth-order valence-electron chi connectivity index (χ4n) is 2.38. The summed E-state index contributed by atoms with van der Waals surface area (Å²) < 4.78 is 1.08. The Morgan fingerprint density at radius 3 is 3.06 bits per heavy atom. The molecular weight excluding hydrogens is 280 g/mol. The molecular formula is C13H15BrN2O. The van der Waals surface area contributed by atoms with Crippen LogP contribution in [0.2, 0.25) is 0 Å². The number of aliphatic hydroxyl groups is 1. The average Bonchev–Trinajstić information content (AvgIpc) is 2.71. The lowest BCUT2D eigenvalue weighted by molar-refractivity contribution is 0.278. The lowest BCUT2D eigenvalue weighted by Gasteiger charge is -2.24. The summed E-state index contributed by atoms with van der Waals surface area (Å²) in [6, 6.07) is 8.40. The van der Waals surface area contributed by atoms with Crippen molar-refractivity contribution >= 4 is 15.9 Å². The van der Waals surface area contributed by atoms with Gasteiger partial charge in [0.25, 0.3) is 0 Å². The Bertz CT molecular complexity index is 455. The van der Waals surface area contributed by atoms with E-state index in [1.54, 1.807) is 0 Å². The minimum absolute atomic E-state index is 0.153. The Kier molecular flexibility index (Phi) is 3.82.